The summed E-state index contributed by atoms with van der Waals surface area (Å²) in [5.41, 5.74) is 0. The van der Waals surface area contributed by atoms with E-state index < -0.39 is 0 Å². The van der Waals surface area contributed by atoms with Crippen molar-refractivity contribution in [2.45, 2.75) is 12.8 Å². The first-order valence-corrected chi connectivity index (χ1v) is 6.81. The highest BCUT2D eigenvalue weighted by molar-refractivity contribution is 6.32. The quantitative estimate of drug-likeness (QED) is 0.648. The van der Waals surface area contributed by atoms with Gasteiger partial charge in [-0.15, -0.1) is 11.6 Å². The Morgan fingerprint density at radius 1 is 1.32 bits per heavy atom. The molecule has 0 fully saturated rings. The predicted molar refractivity (Wildman–Crippen MR) is 77.7 cm³/mol. The van der Waals surface area contributed by atoms with Gasteiger partial charge in [0.1, 0.15) is 12.4 Å². The lowest BCUT2D eigenvalue weighted by Gasteiger charge is -2.03. The van der Waals surface area contributed by atoms with E-state index in [-0.39, 0.29) is 12.5 Å². The van der Waals surface area contributed by atoms with Crippen LogP contribution in [0.3, 0.4) is 0 Å². The van der Waals surface area contributed by atoms with E-state index in [2.05, 4.69) is 17.2 Å². The summed E-state index contributed by atoms with van der Waals surface area (Å²) in [4.78, 5) is 11.2. The van der Waals surface area contributed by atoms with E-state index in [1.807, 2.05) is 12.1 Å². The number of nitrogens with one attached hydrogen (secondary N) is 1. The molecule has 1 amide bonds. The van der Waals surface area contributed by atoms with Crippen molar-refractivity contribution in [2.24, 2.45) is 0 Å². The maximum Gasteiger partial charge on any atom is 0.220 e. The number of amides is 1. The first-order valence-electron chi connectivity index (χ1n) is 5.89. The highest BCUT2D eigenvalue weighted by Gasteiger charge is 1.98. The molecule has 0 atom stereocenters. The summed E-state index contributed by atoms with van der Waals surface area (Å²) in [6.07, 6.45) is 1.11. The molecule has 0 aliphatic heterocycles. The lowest BCUT2D eigenvalue weighted by atomic mass is 10.3. The Balaban J connectivity index is 2.18. The Kier molecular flexibility index (Phi) is 7.88. The molecule has 3 nitrogen and oxygen atoms in total. The topological polar surface area (TPSA) is 38.3 Å². The first kappa shape index (κ1) is 15.7. The Bertz CT molecular complexity index is 466. The predicted octanol–water partition coefficient (Wildman–Crippen LogP) is 2.86. The van der Waals surface area contributed by atoms with Gasteiger partial charge in [0.05, 0.1) is 11.6 Å². The third-order valence-electron chi connectivity index (χ3n) is 2.17. The van der Waals surface area contributed by atoms with Crippen LogP contribution in [0, 0.1) is 11.8 Å². The van der Waals surface area contributed by atoms with Crippen molar-refractivity contribution in [3.8, 4) is 17.6 Å². The smallest absolute Gasteiger partial charge is 0.220 e. The number of halogens is 2. The van der Waals surface area contributed by atoms with E-state index >= 15 is 0 Å². The normalized spacial score (nSPS) is 9.37. The van der Waals surface area contributed by atoms with E-state index in [9.17, 15) is 4.79 Å². The molecule has 0 aliphatic rings. The zero-order valence-electron chi connectivity index (χ0n) is 10.4. The monoisotopic (exact) mass is 299 g/mol. The number of carbonyl (C=O) groups is 1. The molecule has 102 valence electrons. The second kappa shape index (κ2) is 9.55. The van der Waals surface area contributed by atoms with Gasteiger partial charge in [-0.1, -0.05) is 35.6 Å². The summed E-state index contributed by atoms with van der Waals surface area (Å²) in [6.45, 7) is 0.550. The number of carbonyl (C=O) groups excluding carboxylic acids is 1. The van der Waals surface area contributed by atoms with Gasteiger partial charge in [0, 0.05) is 12.3 Å². The van der Waals surface area contributed by atoms with Crippen molar-refractivity contribution in [3.05, 3.63) is 29.3 Å². The van der Waals surface area contributed by atoms with Gasteiger partial charge in [0.25, 0.3) is 0 Å². The van der Waals surface area contributed by atoms with E-state index in [0.29, 0.717) is 36.0 Å². The maximum atomic E-state index is 11.2. The molecule has 0 radical (unpaired) electrons. The van der Waals surface area contributed by atoms with Gasteiger partial charge in [0.15, 0.2) is 0 Å². The molecule has 19 heavy (non-hydrogen) atoms. The average Bonchev–Trinajstić information content (AvgIpc) is 2.42. The second-order valence-corrected chi connectivity index (χ2v) is 4.43. The summed E-state index contributed by atoms with van der Waals surface area (Å²) in [5, 5.41) is 3.23. The lowest BCUT2D eigenvalue weighted by Crippen LogP contribution is -2.23. The van der Waals surface area contributed by atoms with Gasteiger partial charge < -0.3 is 10.1 Å². The molecule has 0 aliphatic carbocycles. The van der Waals surface area contributed by atoms with Crippen LogP contribution < -0.4 is 10.1 Å². The molecular formula is C14H15Cl2NO2. The summed E-state index contributed by atoms with van der Waals surface area (Å²) in [6, 6.07) is 7.20. The molecule has 5 heteroatoms. The molecule has 0 saturated carbocycles. The largest absolute Gasteiger partial charge is 0.479 e. The summed E-state index contributed by atoms with van der Waals surface area (Å²) < 4.78 is 5.37. The van der Waals surface area contributed by atoms with Gasteiger partial charge in [-0.3, -0.25) is 4.79 Å². The van der Waals surface area contributed by atoms with Gasteiger partial charge in [-0.25, -0.2) is 0 Å². The van der Waals surface area contributed by atoms with Crippen LogP contribution in [0.2, 0.25) is 5.02 Å². The number of para-hydroxylation sites is 1. The molecule has 0 unspecified atom stereocenters. The Hall–Kier alpha value is -1.37. The van der Waals surface area contributed by atoms with Gasteiger partial charge in [0.2, 0.25) is 5.91 Å². The van der Waals surface area contributed by atoms with Crippen LogP contribution in [0.25, 0.3) is 0 Å². The summed E-state index contributed by atoms with van der Waals surface area (Å²) >= 11 is 11.4. The van der Waals surface area contributed by atoms with E-state index in [0.717, 1.165) is 0 Å². The van der Waals surface area contributed by atoms with Crippen LogP contribution in [0.5, 0.6) is 5.75 Å². The highest BCUT2D eigenvalue weighted by atomic mass is 35.5. The van der Waals surface area contributed by atoms with Crippen molar-refractivity contribution < 1.29 is 9.53 Å². The number of rotatable bonds is 6. The van der Waals surface area contributed by atoms with Gasteiger partial charge >= 0.3 is 0 Å². The third-order valence-corrected chi connectivity index (χ3v) is 2.75. The molecule has 1 aromatic rings. The fourth-order valence-corrected chi connectivity index (χ4v) is 1.57. The van der Waals surface area contributed by atoms with E-state index in [4.69, 9.17) is 27.9 Å². The van der Waals surface area contributed by atoms with Crippen molar-refractivity contribution >= 4 is 29.1 Å². The minimum atomic E-state index is -0.0398. The van der Waals surface area contributed by atoms with Crippen LogP contribution in [-0.2, 0) is 4.79 Å². The van der Waals surface area contributed by atoms with Crippen LogP contribution in [-0.4, -0.2) is 24.9 Å². The molecule has 0 aromatic heterocycles. The minimum Gasteiger partial charge on any atom is -0.479 e. The zero-order chi connectivity index (χ0) is 13.9. The highest BCUT2D eigenvalue weighted by Crippen LogP contribution is 2.22. The summed E-state index contributed by atoms with van der Waals surface area (Å²) in [5.74, 6) is 6.65. The average molecular weight is 300 g/mol. The third kappa shape index (κ3) is 6.95. The fourth-order valence-electron chi connectivity index (χ4n) is 1.25. The number of ether oxygens (including phenoxy) is 1. The van der Waals surface area contributed by atoms with Crippen LogP contribution in [0.4, 0.5) is 0 Å². The number of benzene rings is 1. The molecule has 0 spiro atoms. The lowest BCUT2D eigenvalue weighted by molar-refractivity contribution is -0.120. The van der Waals surface area contributed by atoms with Crippen LogP contribution in [0.15, 0.2) is 24.3 Å². The van der Waals surface area contributed by atoms with Crippen molar-refractivity contribution in [2.75, 3.05) is 19.0 Å². The van der Waals surface area contributed by atoms with Crippen molar-refractivity contribution in [1.29, 1.82) is 0 Å². The Morgan fingerprint density at radius 2 is 2.11 bits per heavy atom. The van der Waals surface area contributed by atoms with E-state index in [1.54, 1.807) is 12.1 Å². The van der Waals surface area contributed by atoms with Crippen LogP contribution >= 0.6 is 23.2 Å². The van der Waals surface area contributed by atoms with Crippen molar-refractivity contribution in [3.63, 3.8) is 0 Å². The van der Waals surface area contributed by atoms with Crippen LogP contribution in [0.1, 0.15) is 12.8 Å². The SMILES string of the molecule is O=C(CCCCl)NCC#CCOc1ccccc1Cl. The molecule has 1 N–H and O–H groups in total. The van der Waals surface area contributed by atoms with Gasteiger partial charge in [-0.05, 0) is 18.6 Å². The summed E-state index contributed by atoms with van der Waals surface area (Å²) in [7, 11) is 0. The first-order chi connectivity index (χ1) is 9.24. The molecule has 1 rings (SSSR count). The van der Waals surface area contributed by atoms with E-state index in [1.165, 1.54) is 0 Å². The number of hydrogen-bond donors (Lipinski definition) is 1. The Morgan fingerprint density at radius 3 is 2.84 bits per heavy atom. The zero-order valence-corrected chi connectivity index (χ0v) is 11.9. The fraction of sp³-hybridized carbons (Fsp3) is 0.357. The number of alkyl halides is 1. The van der Waals surface area contributed by atoms with Crippen molar-refractivity contribution in [1.82, 2.24) is 5.32 Å². The van der Waals surface area contributed by atoms with Gasteiger partial charge in [-0.2, -0.15) is 0 Å². The maximum absolute atomic E-state index is 11.2. The molecule has 1 aromatic carbocycles. The molecule has 0 bridgehead atoms. The molecule has 0 saturated heterocycles. The second-order valence-electron chi connectivity index (χ2n) is 3.64. The minimum absolute atomic E-state index is 0.0398. The molecular weight excluding hydrogens is 285 g/mol. The standard InChI is InChI=1S/C14H15Cl2NO2/c15-9-5-8-14(18)17-10-3-4-11-19-13-7-2-1-6-12(13)16/h1-2,6-7H,5,8-11H2,(H,17,18). The molecule has 0 heterocycles. The number of hydrogen-bond acceptors (Lipinski definition) is 2. The Labute approximate surface area is 123 Å².